The number of hydrogen-bond acceptors (Lipinski definition) is 4. The Morgan fingerprint density at radius 1 is 0.861 bits per heavy atom. The SMILES string of the molecule is Cc1cc2nn(-c3ccc(F)cc3)nc2cc1NC(=S)NC(=O)C(c1ccccc1)c1ccccc1. The second kappa shape index (κ2) is 10.1. The molecule has 1 heterocycles. The molecule has 5 aromatic rings. The first-order valence-corrected chi connectivity index (χ1v) is 11.7. The van der Waals surface area contributed by atoms with Crippen molar-refractivity contribution in [1.82, 2.24) is 20.3 Å². The van der Waals surface area contributed by atoms with E-state index < -0.39 is 5.92 Å². The van der Waals surface area contributed by atoms with Crippen LogP contribution in [0, 0.1) is 12.7 Å². The minimum absolute atomic E-state index is 0.185. The Kier molecular flexibility index (Phi) is 6.51. The lowest BCUT2D eigenvalue weighted by molar-refractivity contribution is -0.120. The Balaban J connectivity index is 1.36. The molecule has 0 saturated carbocycles. The molecule has 6 nitrogen and oxygen atoms in total. The molecular weight excluding hydrogens is 473 g/mol. The first-order chi connectivity index (χ1) is 17.5. The summed E-state index contributed by atoms with van der Waals surface area (Å²) < 4.78 is 13.3. The number of carbonyl (C=O) groups excluding carboxylic acids is 1. The number of nitrogens with zero attached hydrogens (tertiary/aromatic N) is 3. The number of carbonyl (C=O) groups is 1. The number of rotatable bonds is 5. The predicted octanol–water partition coefficient (Wildman–Crippen LogP) is 5.51. The molecule has 2 N–H and O–H groups in total. The molecule has 1 aromatic heterocycles. The summed E-state index contributed by atoms with van der Waals surface area (Å²) in [6.07, 6.45) is 0. The van der Waals surface area contributed by atoms with E-state index in [2.05, 4.69) is 20.8 Å². The maximum absolute atomic E-state index is 13.3. The highest BCUT2D eigenvalue weighted by Gasteiger charge is 2.23. The van der Waals surface area contributed by atoms with Crippen LogP contribution >= 0.6 is 12.2 Å². The van der Waals surface area contributed by atoms with Gasteiger partial charge in [-0.1, -0.05) is 60.7 Å². The van der Waals surface area contributed by atoms with E-state index in [-0.39, 0.29) is 16.8 Å². The van der Waals surface area contributed by atoms with Crippen LogP contribution in [0.1, 0.15) is 22.6 Å². The lowest BCUT2D eigenvalue weighted by Gasteiger charge is -2.19. The van der Waals surface area contributed by atoms with Crippen molar-refractivity contribution < 1.29 is 9.18 Å². The number of thiocarbonyl (C=S) groups is 1. The number of nitrogens with one attached hydrogen (secondary N) is 2. The molecule has 0 atom stereocenters. The summed E-state index contributed by atoms with van der Waals surface area (Å²) in [5, 5.41) is 15.1. The average molecular weight is 496 g/mol. The molecule has 0 fully saturated rings. The van der Waals surface area contributed by atoms with E-state index in [1.807, 2.05) is 79.7 Å². The number of benzene rings is 4. The van der Waals surface area contributed by atoms with Gasteiger partial charge >= 0.3 is 0 Å². The first kappa shape index (κ1) is 23.3. The molecule has 0 aliphatic heterocycles. The van der Waals surface area contributed by atoms with Gasteiger partial charge in [-0.15, -0.1) is 10.2 Å². The van der Waals surface area contributed by atoms with Crippen LogP contribution in [0.5, 0.6) is 0 Å². The van der Waals surface area contributed by atoms with Crippen molar-refractivity contribution in [3.63, 3.8) is 0 Å². The van der Waals surface area contributed by atoms with Gasteiger partial charge in [-0.2, -0.15) is 4.80 Å². The number of aromatic nitrogens is 3. The number of aryl methyl sites for hydroxylation is 1. The molecule has 178 valence electrons. The summed E-state index contributed by atoms with van der Waals surface area (Å²) in [5.74, 6) is -1.06. The Bertz CT molecular complexity index is 1500. The Hall–Kier alpha value is -4.43. The minimum Gasteiger partial charge on any atom is -0.332 e. The lowest BCUT2D eigenvalue weighted by atomic mass is 9.90. The molecule has 0 aliphatic carbocycles. The smallest absolute Gasteiger partial charge is 0.238 e. The normalized spacial score (nSPS) is 11.0. The van der Waals surface area contributed by atoms with Gasteiger partial charge in [0.05, 0.1) is 11.6 Å². The van der Waals surface area contributed by atoms with Gasteiger partial charge in [-0.05, 0) is 72.2 Å². The third kappa shape index (κ3) is 4.99. The Morgan fingerprint density at radius 3 is 2.00 bits per heavy atom. The fraction of sp³-hybridized carbons (Fsp3) is 0.0714. The average Bonchev–Trinajstić information content (AvgIpc) is 3.28. The van der Waals surface area contributed by atoms with E-state index in [4.69, 9.17) is 12.2 Å². The fourth-order valence-corrected chi connectivity index (χ4v) is 4.23. The zero-order chi connectivity index (χ0) is 25.1. The van der Waals surface area contributed by atoms with Gasteiger partial charge in [-0.25, -0.2) is 4.39 Å². The van der Waals surface area contributed by atoms with Crippen molar-refractivity contribution in [2.75, 3.05) is 5.32 Å². The van der Waals surface area contributed by atoms with Gasteiger partial charge in [0.25, 0.3) is 0 Å². The van der Waals surface area contributed by atoms with Crippen molar-refractivity contribution in [1.29, 1.82) is 0 Å². The van der Waals surface area contributed by atoms with Crippen LogP contribution < -0.4 is 10.6 Å². The highest BCUT2D eigenvalue weighted by molar-refractivity contribution is 7.80. The third-order valence-corrected chi connectivity index (χ3v) is 6.00. The number of hydrogen-bond donors (Lipinski definition) is 2. The van der Waals surface area contributed by atoms with Gasteiger partial charge in [0.2, 0.25) is 5.91 Å². The highest BCUT2D eigenvalue weighted by atomic mass is 32.1. The molecule has 0 spiro atoms. The van der Waals surface area contributed by atoms with Crippen LogP contribution in [0.2, 0.25) is 0 Å². The van der Waals surface area contributed by atoms with Crippen molar-refractivity contribution in [3.8, 4) is 5.69 Å². The maximum Gasteiger partial charge on any atom is 0.238 e. The summed E-state index contributed by atoms with van der Waals surface area (Å²) in [7, 11) is 0. The van der Waals surface area contributed by atoms with Crippen LogP contribution in [-0.2, 0) is 4.79 Å². The standard InChI is InChI=1S/C28H22FN5OS/c1-18-16-24-25(33-34(32-24)22-14-12-21(29)13-15-22)17-23(18)30-28(36)31-27(35)26(19-8-4-2-5-9-19)20-10-6-3-7-11-20/h2-17,26H,1H3,(H2,30,31,35,36). The minimum atomic E-state index is -0.508. The number of halogens is 1. The first-order valence-electron chi connectivity index (χ1n) is 11.3. The molecule has 0 saturated heterocycles. The zero-order valence-electron chi connectivity index (χ0n) is 19.4. The van der Waals surface area contributed by atoms with Gasteiger partial charge in [0.1, 0.15) is 16.9 Å². The zero-order valence-corrected chi connectivity index (χ0v) is 20.2. The Morgan fingerprint density at radius 2 is 1.42 bits per heavy atom. The van der Waals surface area contributed by atoms with Crippen molar-refractivity contribution in [2.24, 2.45) is 0 Å². The molecule has 8 heteroatoms. The van der Waals surface area contributed by atoms with Crippen LogP contribution in [-0.4, -0.2) is 26.0 Å². The second-order valence-corrected chi connectivity index (χ2v) is 8.73. The van der Waals surface area contributed by atoms with Gasteiger partial charge < -0.3 is 10.6 Å². The molecule has 4 aromatic carbocycles. The molecule has 5 rings (SSSR count). The largest absolute Gasteiger partial charge is 0.332 e. The Labute approximate surface area is 212 Å². The van der Waals surface area contributed by atoms with E-state index >= 15 is 0 Å². The van der Waals surface area contributed by atoms with E-state index in [0.717, 1.165) is 16.7 Å². The van der Waals surface area contributed by atoms with Crippen molar-refractivity contribution in [3.05, 3.63) is 120 Å². The summed E-state index contributed by atoms with van der Waals surface area (Å²) in [6, 6.07) is 28.8. The molecule has 1 amide bonds. The van der Waals surface area contributed by atoms with Crippen LogP contribution in [0.25, 0.3) is 16.7 Å². The van der Waals surface area contributed by atoms with Crippen LogP contribution in [0.3, 0.4) is 0 Å². The van der Waals surface area contributed by atoms with E-state index in [0.29, 0.717) is 22.4 Å². The van der Waals surface area contributed by atoms with Gasteiger partial charge in [-0.3, -0.25) is 4.79 Å². The molecule has 0 unspecified atom stereocenters. The molecular formula is C28H22FN5OS. The fourth-order valence-electron chi connectivity index (χ4n) is 4.02. The maximum atomic E-state index is 13.3. The van der Waals surface area contributed by atoms with Crippen LogP contribution in [0.4, 0.5) is 10.1 Å². The molecule has 0 aliphatic rings. The topological polar surface area (TPSA) is 71.8 Å². The highest BCUT2D eigenvalue weighted by Crippen LogP contribution is 2.25. The summed E-state index contributed by atoms with van der Waals surface area (Å²) in [6.45, 7) is 1.92. The lowest BCUT2D eigenvalue weighted by Crippen LogP contribution is -2.38. The molecule has 0 bridgehead atoms. The number of amides is 1. The summed E-state index contributed by atoms with van der Waals surface area (Å²) in [5.41, 5.74) is 5.30. The van der Waals surface area contributed by atoms with E-state index in [1.165, 1.54) is 16.9 Å². The number of anilines is 1. The predicted molar refractivity (Wildman–Crippen MR) is 143 cm³/mol. The summed E-state index contributed by atoms with van der Waals surface area (Å²) in [4.78, 5) is 14.8. The van der Waals surface area contributed by atoms with E-state index in [1.54, 1.807) is 12.1 Å². The third-order valence-electron chi connectivity index (χ3n) is 5.80. The molecule has 0 radical (unpaired) electrons. The second-order valence-electron chi connectivity index (χ2n) is 8.32. The van der Waals surface area contributed by atoms with Crippen molar-refractivity contribution in [2.45, 2.75) is 12.8 Å². The number of fused-ring (bicyclic) bond motifs is 1. The van der Waals surface area contributed by atoms with Crippen molar-refractivity contribution >= 4 is 40.0 Å². The van der Waals surface area contributed by atoms with E-state index in [9.17, 15) is 9.18 Å². The van der Waals surface area contributed by atoms with Crippen LogP contribution in [0.15, 0.2) is 97.1 Å². The quantitative estimate of drug-likeness (QED) is 0.315. The summed E-state index contributed by atoms with van der Waals surface area (Å²) >= 11 is 5.49. The monoisotopic (exact) mass is 495 g/mol. The molecule has 36 heavy (non-hydrogen) atoms. The van der Waals surface area contributed by atoms with Gasteiger partial charge in [0.15, 0.2) is 5.11 Å². The van der Waals surface area contributed by atoms with Gasteiger partial charge in [0, 0.05) is 5.69 Å².